The van der Waals surface area contributed by atoms with Crippen LogP contribution >= 0.6 is 0 Å². The molecule has 0 fully saturated rings. The lowest BCUT2D eigenvalue weighted by molar-refractivity contribution is -0.138. The van der Waals surface area contributed by atoms with Gasteiger partial charge in [0.2, 0.25) is 0 Å². The molecule has 0 aliphatic rings. The van der Waals surface area contributed by atoms with Crippen molar-refractivity contribution in [3.8, 4) is 0 Å². The van der Waals surface area contributed by atoms with Gasteiger partial charge in [0.15, 0.2) is 0 Å². The maximum absolute atomic E-state index is 11.3. The third-order valence-corrected chi connectivity index (χ3v) is 2.72. The van der Waals surface area contributed by atoms with Crippen LogP contribution in [0, 0.1) is 0 Å². The molecule has 1 aromatic carbocycles. The molecule has 0 aliphatic carbocycles. The van der Waals surface area contributed by atoms with Crippen LogP contribution in [-0.2, 0) is 9.53 Å². The predicted octanol–water partition coefficient (Wildman–Crippen LogP) is 2.50. The van der Waals surface area contributed by atoms with Gasteiger partial charge < -0.3 is 10.1 Å². The van der Waals surface area contributed by atoms with Crippen molar-refractivity contribution in [2.45, 2.75) is 19.8 Å². The normalized spacial score (nSPS) is 11.9. The number of carbonyl (C=O) groups is 1. The third-order valence-electron chi connectivity index (χ3n) is 2.72. The predicted molar refractivity (Wildman–Crippen MR) is 73.5 cm³/mol. The van der Waals surface area contributed by atoms with Gasteiger partial charge in [-0.3, -0.25) is 0 Å². The summed E-state index contributed by atoms with van der Waals surface area (Å²) in [6, 6.07) is 10.3. The van der Waals surface area contributed by atoms with Crippen molar-refractivity contribution in [1.29, 1.82) is 0 Å². The Balaban J connectivity index is 2.30. The molecule has 3 nitrogen and oxygen atoms in total. The SMILES string of the molecule is C=C(CNCC(C)c1ccccc1)C(=O)OCC. The van der Waals surface area contributed by atoms with Crippen LogP contribution in [0.2, 0.25) is 0 Å². The van der Waals surface area contributed by atoms with Gasteiger partial charge in [0, 0.05) is 18.7 Å². The topological polar surface area (TPSA) is 38.3 Å². The first-order chi connectivity index (χ1) is 8.65. The summed E-state index contributed by atoms with van der Waals surface area (Å²) in [7, 11) is 0. The van der Waals surface area contributed by atoms with E-state index in [1.54, 1.807) is 6.92 Å². The van der Waals surface area contributed by atoms with E-state index in [1.165, 1.54) is 5.56 Å². The summed E-state index contributed by atoms with van der Waals surface area (Å²) in [4.78, 5) is 11.3. The quantitative estimate of drug-likeness (QED) is 0.594. The smallest absolute Gasteiger partial charge is 0.334 e. The maximum Gasteiger partial charge on any atom is 0.334 e. The molecule has 3 heteroatoms. The Morgan fingerprint density at radius 3 is 2.67 bits per heavy atom. The van der Waals surface area contributed by atoms with Crippen LogP contribution in [-0.4, -0.2) is 25.7 Å². The van der Waals surface area contributed by atoms with Crippen LogP contribution < -0.4 is 5.32 Å². The molecule has 1 atom stereocenters. The van der Waals surface area contributed by atoms with Gasteiger partial charge in [0.05, 0.1) is 6.61 Å². The summed E-state index contributed by atoms with van der Waals surface area (Å²) in [5.74, 6) is 0.0820. The largest absolute Gasteiger partial charge is 0.463 e. The highest BCUT2D eigenvalue weighted by atomic mass is 16.5. The van der Waals surface area contributed by atoms with Crippen molar-refractivity contribution >= 4 is 5.97 Å². The lowest BCUT2D eigenvalue weighted by Gasteiger charge is -2.13. The molecular formula is C15H21NO2. The van der Waals surface area contributed by atoms with Crippen molar-refractivity contribution in [3.05, 3.63) is 48.0 Å². The zero-order valence-electron chi connectivity index (χ0n) is 11.1. The minimum atomic E-state index is -0.322. The molecule has 0 saturated carbocycles. The van der Waals surface area contributed by atoms with E-state index < -0.39 is 0 Å². The van der Waals surface area contributed by atoms with Gasteiger partial charge in [-0.05, 0) is 18.4 Å². The van der Waals surface area contributed by atoms with Gasteiger partial charge in [0.25, 0.3) is 0 Å². The number of rotatable bonds is 7. The van der Waals surface area contributed by atoms with E-state index in [2.05, 4.69) is 31.0 Å². The fourth-order valence-corrected chi connectivity index (χ4v) is 1.64. The lowest BCUT2D eigenvalue weighted by Crippen LogP contribution is -2.25. The van der Waals surface area contributed by atoms with E-state index in [9.17, 15) is 4.79 Å². The van der Waals surface area contributed by atoms with Crippen molar-refractivity contribution in [3.63, 3.8) is 0 Å². The molecule has 0 heterocycles. The molecule has 0 bridgehead atoms. The first kappa shape index (κ1) is 14.5. The molecule has 18 heavy (non-hydrogen) atoms. The summed E-state index contributed by atoms with van der Waals surface area (Å²) < 4.78 is 4.87. The number of hydrogen-bond donors (Lipinski definition) is 1. The van der Waals surface area contributed by atoms with Crippen molar-refractivity contribution in [1.82, 2.24) is 5.32 Å². The Kier molecular flexibility index (Phi) is 6.15. The van der Waals surface area contributed by atoms with Crippen LogP contribution in [0.1, 0.15) is 25.3 Å². The van der Waals surface area contributed by atoms with Crippen LogP contribution in [0.5, 0.6) is 0 Å². The number of nitrogens with one attached hydrogen (secondary N) is 1. The lowest BCUT2D eigenvalue weighted by atomic mass is 10.0. The van der Waals surface area contributed by atoms with E-state index in [-0.39, 0.29) is 5.97 Å². The number of carbonyl (C=O) groups excluding carboxylic acids is 1. The zero-order valence-corrected chi connectivity index (χ0v) is 11.1. The molecule has 1 N–H and O–H groups in total. The molecular weight excluding hydrogens is 226 g/mol. The highest BCUT2D eigenvalue weighted by Gasteiger charge is 2.08. The molecule has 0 saturated heterocycles. The van der Waals surface area contributed by atoms with Gasteiger partial charge >= 0.3 is 5.97 Å². The summed E-state index contributed by atoms with van der Waals surface area (Å²) in [5, 5.41) is 3.22. The summed E-state index contributed by atoms with van der Waals surface area (Å²) >= 11 is 0. The van der Waals surface area contributed by atoms with Crippen molar-refractivity contribution < 1.29 is 9.53 Å². The monoisotopic (exact) mass is 247 g/mol. The Morgan fingerprint density at radius 2 is 2.06 bits per heavy atom. The molecule has 1 rings (SSSR count). The molecule has 0 radical (unpaired) electrons. The van der Waals surface area contributed by atoms with Crippen molar-refractivity contribution in [2.75, 3.05) is 19.7 Å². The molecule has 1 aromatic rings. The van der Waals surface area contributed by atoms with Gasteiger partial charge in [-0.15, -0.1) is 0 Å². The zero-order chi connectivity index (χ0) is 13.4. The standard InChI is InChI=1S/C15H21NO2/c1-4-18-15(17)13(3)11-16-10-12(2)14-8-6-5-7-9-14/h5-9,12,16H,3-4,10-11H2,1-2H3. The second-order valence-corrected chi connectivity index (χ2v) is 4.27. The van der Waals surface area contributed by atoms with Gasteiger partial charge in [-0.25, -0.2) is 4.79 Å². The molecule has 0 spiro atoms. The minimum absolute atomic E-state index is 0.322. The average Bonchev–Trinajstić information content (AvgIpc) is 2.39. The number of esters is 1. The number of ether oxygens (including phenoxy) is 1. The minimum Gasteiger partial charge on any atom is -0.463 e. The fourth-order valence-electron chi connectivity index (χ4n) is 1.64. The first-order valence-corrected chi connectivity index (χ1v) is 6.25. The second-order valence-electron chi connectivity index (χ2n) is 4.27. The fraction of sp³-hybridized carbons (Fsp3) is 0.400. The van der Waals surface area contributed by atoms with Crippen LogP contribution in [0.15, 0.2) is 42.5 Å². The van der Waals surface area contributed by atoms with Crippen molar-refractivity contribution in [2.24, 2.45) is 0 Å². The van der Waals surface area contributed by atoms with Crippen LogP contribution in [0.25, 0.3) is 0 Å². The Hall–Kier alpha value is -1.61. The Labute approximate surface area is 109 Å². The average molecular weight is 247 g/mol. The van der Waals surface area contributed by atoms with Gasteiger partial charge in [0.1, 0.15) is 0 Å². The molecule has 0 aromatic heterocycles. The van der Waals surface area contributed by atoms with Crippen LogP contribution in [0.4, 0.5) is 0 Å². The number of benzene rings is 1. The summed E-state index contributed by atoms with van der Waals surface area (Å²) in [6.07, 6.45) is 0. The maximum atomic E-state index is 11.3. The van der Waals surface area contributed by atoms with E-state index in [1.807, 2.05) is 18.2 Å². The first-order valence-electron chi connectivity index (χ1n) is 6.25. The van der Waals surface area contributed by atoms with E-state index >= 15 is 0 Å². The van der Waals surface area contributed by atoms with E-state index in [0.29, 0.717) is 24.6 Å². The highest BCUT2D eigenvalue weighted by Crippen LogP contribution is 2.12. The van der Waals surface area contributed by atoms with Gasteiger partial charge in [-0.2, -0.15) is 0 Å². The third kappa shape index (κ3) is 4.72. The van der Waals surface area contributed by atoms with E-state index in [4.69, 9.17) is 4.74 Å². The highest BCUT2D eigenvalue weighted by molar-refractivity contribution is 5.88. The Bertz CT molecular complexity index is 387. The number of hydrogen-bond acceptors (Lipinski definition) is 3. The van der Waals surface area contributed by atoms with Gasteiger partial charge in [-0.1, -0.05) is 43.8 Å². The van der Waals surface area contributed by atoms with Crippen LogP contribution in [0.3, 0.4) is 0 Å². The molecule has 0 aliphatic heterocycles. The van der Waals surface area contributed by atoms with E-state index in [0.717, 1.165) is 6.54 Å². The summed E-state index contributed by atoms with van der Waals surface area (Å²) in [6.45, 7) is 9.31. The second kappa shape index (κ2) is 7.67. The Morgan fingerprint density at radius 1 is 1.39 bits per heavy atom. The molecule has 1 unspecified atom stereocenters. The summed E-state index contributed by atoms with van der Waals surface area (Å²) in [5.41, 5.74) is 1.75. The molecule has 98 valence electrons. The molecule has 0 amide bonds.